The van der Waals surface area contributed by atoms with E-state index in [1.165, 1.54) is 14.2 Å². The first-order valence-corrected chi connectivity index (χ1v) is 6.44. The van der Waals surface area contributed by atoms with Crippen LogP contribution in [0.4, 0.5) is 0 Å². The van der Waals surface area contributed by atoms with Crippen LogP contribution in [0.5, 0.6) is 0 Å². The monoisotopic (exact) mass is 310 g/mol. The maximum Gasteiger partial charge on any atom is 0.0730 e. The first kappa shape index (κ1) is 10.7. The fourth-order valence-corrected chi connectivity index (χ4v) is 3.08. The maximum atomic E-state index is 3.69. The molecule has 1 atom stereocenters. The molecule has 1 rings (SSSR count). The number of hydrogen-bond donors (Lipinski definition) is 0. The van der Waals surface area contributed by atoms with Gasteiger partial charge in [0.15, 0.2) is 0 Å². The van der Waals surface area contributed by atoms with E-state index in [-0.39, 0.29) is 0 Å². The normalized spacial score (nSPS) is 13.8. The van der Waals surface area contributed by atoms with Crippen molar-refractivity contribution in [2.24, 2.45) is 5.92 Å². The van der Waals surface area contributed by atoms with E-state index in [0.29, 0.717) is 10.7 Å². The second kappa shape index (κ2) is 4.25. The number of thiophene rings is 1. The van der Waals surface area contributed by atoms with E-state index in [9.17, 15) is 0 Å². The maximum absolute atomic E-state index is 3.69. The molecule has 0 amide bonds. The number of alkyl halides is 1. The molecular weight excluding hydrogens is 300 g/mol. The lowest BCUT2D eigenvalue weighted by Crippen LogP contribution is -1.95. The molecule has 0 spiro atoms. The zero-order valence-electron chi connectivity index (χ0n) is 7.40. The van der Waals surface area contributed by atoms with Gasteiger partial charge in [0.1, 0.15) is 0 Å². The average Bonchev–Trinajstić information content (AvgIpc) is 2.30. The molecule has 12 heavy (non-hydrogen) atoms. The lowest BCUT2D eigenvalue weighted by molar-refractivity contribution is 0.648. The molecule has 0 aliphatic heterocycles. The minimum atomic E-state index is 0.493. The summed E-state index contributed by atoms with van der Waals surface area (Å²) >= 11 is 9.04. The van der Waals surface area contributed by atoms with Crippen LogP contribution in [-0.4, -0.2) is 0 Å². The predicted octanol–water partition coefficient (Wildman–Crippen LogP) is 4.91. The molecule has 0 aliphatic rings. The van der Waals surface area contributed by atoms with Gasteiger partial charge in [0, 0.05) is 4.88 Å². The summed E-state index contributed by atoms with van der Waals surface area (Å²) in [7, 11) is 0. The van der Waals surface area contributed by atoms with Gasteiger partial charge in [0.2, 0.25) is 0 Å². The zero-order valence-corrected chi connectivity index (χ0v) is 11.4. The number of halogens is 2. The lowest BCUT2D eigenvalue weighted by Gasteiger charge is -2.10. The van der Waals surface area contributed by atoms with E-state index in [0.717, 1.165) is 0 Å². The van der Waals surface area contributed by atoms with Crippen LogP contribution in [0.25, 0.3) is 0 Å². The van der Waals surface area contributed by atoms with Crippen LogP contribution in [-0.2, 0) is 0 Å². The van der Waals surface area contributed by atoms with Crippen molar-refractivity contribution in [2.75, 3.05) is 0 Å². The molecule has 1 unspecified atom stereocenters. The first-order valence-electron chi connectivity index (χ1n) is 3.92. The van der Waals surface area contributed by atoms with Gasteiger partial charge >= 0.3 is 0 Å². The van der Waals surface area contributed by atoms with Crippen molar-refractivity contribution in [3.05, 3.63) is 20.3 Å². The third kappa shape index (κ3) is 2.33. The topological polar surface area (TPSA) is 0 Å². The van der Waals surface area contributed by atoms with E-state index in [4.69, 9.17) is 0 Å². The standard InChI is InChI=1S/C9H12Br2S/c1-5(2)8(10)7-4-6(3)9(11)12-7/h4-5,8H,1-3H3. The highest BCUT2D eigenvalue weighted by Gasteiger charge is 2.15. The molecule has 0 bridgehead atoms. The smallest absolute Gasteiger partial charge is 0.0730 e. The van der Waals surface area contributed by atoms with Crippen LogP contribution in [0.2, 0.25) is 0 Å². The lowest BCUT2D eigenvalue weighted by atomic mass is 10.1. The molecule has 0 nitrogen and oxygen atoms in total. The number of hydrogen-bond acceptors (Lipinski definition) is 1. The Hall–Kier alpha value is 0.660. The first-order chi connectivity index (χ1) is 5.52. The molecule has 0 saturated carbocycles. The third-order valence-electron chi connectivity index (χ3n) is 1.73. The van der Waals surface area contributed by atoms with Crippen molar-refractivity contribution in [3.63, 3.8) is 0 Å². The number of aryl methyl sites for hydroxylation is 1. The van der Waals surface area contributed by atoms with Gasteiger partial charge in [-0.2, -0.15) is 0 Å². The predicted molar refractivity (Wildman–Crippen MR) is 63.3 cm³/mol. The molecular formula is C9H12Br2S. The van der Waals surface area contributed by atoms with Gasteiger partial charge in [-0.05, 0) is 40.4 Å². The van der Waals surface area contributed by atoms with Crippen LogP contribution in [0, 0.1) is 12.8 Å². The molecule has 3 heteroatoms. The highest BCUT2D eigenvalue weighted by molar-refractivity contribution is 9.11. The summed E-state index contributed by atoms with van der Waals surface area (Å²) in [5.41, 5.74) is 1.33. The van der Waals surface area contributed by atoms with E-state index in [1.807, 2.05) is 11.3 Å². The Bertz CT molecular complexity index is 246. The van der Waals surface area contributed by atoms with Crippen molar-refractivity contribution in [3.8, 4) is 0 Å². The van der Waals surface area contributed by atoms with Crippen molar-refractivity contribution in [1.82, 2.24) is 0 Å². The fraction of sp³-hybridized carbons (Fsp3) is 0.556. The molecule has 0 aliphatic carbocycles. The highest BCUT2D eigenvalue weighted by Crippen LogP contribution is 2.38. The van der Waals surface area contributed by atoms with E-state index in [2.05, 4.69) is 58.7 Å². The van der Waals surface area contributed by atoms with Gasteiger partial charge in [0.25, 0.3) is 0 Å². The van der Waals surface area contributed by atoms with Gasteiger partial charge < -0.3 is 0 Å². The number of rotatable bonds is 2. The quantitative estimate of drug-likeness (QED) is 0.681. The molecule has 0 N–H and O–H groups in total. The Balaban J connectivity index is 2.89. The highest BCUT2D eigenvalue weighted by atomic mass is 79.9. The van der Waals surface area contributed by atoms with Gasteiger partial charge in [-0.3, -0.25) is 0 Å². The Morgan fingerprint density at radius 2 is 2.00 bits per heavy atom. The molecule has 1 aromatic rings. The Labute approximate surface area is 94.6 Å². The Morgan fingerprint density at radius 1 is 1.42 bits per heavy atom. The molecule has 0 radical (unpaired) electrons. The summed E-state index contributed by atoms with van der Waals surface area (Å²) in [6.45, 7) is 6.58. The van der Waals surface area contributed by atoms with Crippen molar-refractivity contribution in [1.29, 1.82) is 0 Å². The van der Waals surface area contributed by atoms with Crippen LogP contribution >= 0.6 is 43.2 Å². The van der Waals surface area contributed by atoms with Crippen LogP contribution in [0.1, 0.15) is 29.1 Å². The van der Waals surface area contributed by atoms with Crippen molar-refractivity contribution >= 4 is 43.2 Å². The van der Waals surface area contributed by atoms with Crippen LogP contribution in [0.3, 0.4) is 0 Å². The Kier molecular flexibility index (Phi) is 3.80. The van der Waals surface area contributed by atoms with E-state index < -0.39 is 0 Å². The van der Waals surface area contributed by atoms with Crippen LogP contribution < -0.4 is 0 Å². The summed E-state index contributed by atoms with van der Waals surface area (Å²) in [5.74, 6) is 0.648. The zero-order chi connectivity index (χ0) is 9.30. The average molecular weight is 312 g/mol. The summed E-state index contributed by atoms with van der Waals surface area (Å²) in [6, 6.07) is 2.24. The molecule has 1 aromatic heterocycles. The minimum Gasteiger partial charge on any atom is -0.132 e. The molecule has 0 aromatic carbocycles. The van der Waals surface area contributed by atoms with Gasteiger partial charge in [-0.25, -0.2) is 0 Å². The van der Waals surface area contributed by atoms with Crippen LogP contribution in [0.15, 0.2) is 9.85 Å². The summed E-state index contributed by atoms with van der Waals surface area (Å²) in [5, 5.41) is 0. The molecule has 0 saturated heterocycles. The van der Waals surface area contributed by atoms with E-state index >= 15 is 0 Å². The van der Waals surface area contributed by atoms with Crippen molar-refractivity contribution in [2.45, 2.75) is 25.6 Å². The van der Waals surface area contributed by atoms with E-state index in [1.54, 1.807) is 0 Å². The summed E-state index contributed by atoms with van der Waals surface area (Å²) in [6.07, 6.45) is 0. The minimum absolute atomic E-state index is 0.493. The fourth-order valence-electron chi connectivity index (χ4n) is 0.948. The molecule has 1 heterocycles. The summed E-state index contributed by atoms with van der Waals surface area (Å²) < 4.78 is 1.25. The largest absolute Gasteiger partial charge is 0.132 e. The molecule has 0 fully saturated rings. The Morgan fingerprint density at radius 3 is 2.33 bits per heavy atom. The van der Waals surface area contributed by atoms with Gasteiger partial charge in [-0.15, -0.1) is 11.3 Å². The SMILES string of the molecule is Cc1cc(C(Br)C(C)C)sc1Br. The second-order valence-electron chi connectivity index (χ2n) is 3.25. The van der Waals surface area contributed by atoms with Gasteiger partial charge in [0.05, 0.1) is 8.61 Å². The molecule has 68 valence electrons. The van der Waals surface area contributed by atoms with Gasteiger partial charge in [-0.1, -0.05) is 29.8 Å². The second-order valence-corrected chi connectivity index (χ2v) is 6.64. The summed E-state index contributed by atoms with van der Waals surface area (Å²) in [4.78, 5) is 1.90. The van der Waals surface area contributed by atoms with Crippen molar-refractivity contribution < 1.29 is 0 Å². The third-order valence-corrected chi connectivity index (χ3v) is 5.81.